The van der Waals surface area contributed by atoms with Crippen molar-refractivity contribution in [3.8, 4) is 0 Å². The van der Waals surface area contributed by atoms with Gasteiger partial charge in [-0.15, -0.1) is 0 Å². The largest absolute Gasteiger partial charge is 0.469 e. The highest BCUT2D eigenvalue weighted by Gasteiger charge is 2.34. The lowest BCUT2D eigenvalue weighted by Crippen LogP contribution is -2.46. The quantitative estimate of drug-likeness (QED) is 0.606. The van der Waals surface area contributed by atoms with Gasteiger partial charge in [0, 0.05) is 24.1 Å². The van der Waals surface area contributed by atoms with E-state index in [9.17, 15) is 18.0 Å². The van der Waals surface area contributed by atoms with Gasteiger partial charge >= 0.3 is 5.97 Å². The summed E-state index contributed by atoms with van der Waals surface area (Å²) in [5, 5.41) is 2.96. The lowest BCUT2D eigenvalue weighted by molar-refractivity contribution is -0.140. The van der Waals surface area contributed by atoms with Gasteiger partial charge < -0.3 is 10.1 Å². The summed E-state index contributed by atoms with van der Waals surface area (Å²) in [5.74, 6) is -0.342. The zero-order valence-electron chi connectivity index (χ0n) is 18.4. The van der Waals surface area contributed by atoms with Gasteiger partial charge in [0.15, 0.2) is 0 Å². The van der Waals surface area contributed by atoms with Crippen LogP contribution in [0.3, 0.4) is 0 Å². The lowest BCUT2D eigenvalue weighted by atomic mass is 9.86. The molecule has 1 aromatic rings. The Morgan fingerprint density at radius 1 is 1.07 bits per heavy atom. The molecule has 2 N–H and O–H groups in total. The van der Waals surface area contributed by atoms with E-state index in [0.717, 1.165) is 24.1 Å². The summed E-state index contributed by atoms with van der Waals surface area (Å²) in [5.41, 5.74) is 1.84. The van der Waals surface area contributed by atoms with Crippen molar-refractivity contribution >= 4 is 27.6 Å². The number of rotatable bonds is 8. The smallest absolute Gasteiger partial charge is 0.305 e. The molecule has 0 unspecified atom stereocenters. The Hall–Kier alpha value is -1.93. The number of amides is 1. The Morgan fingerprint density at radius 2 is 1.67 bits per heavy atom. The average Bonchev–Trinajstić information content (AvgIpc) is 2.68. The van der Waals surface area contributed by atoms with Crippen LogP contribution in [0, 0.1) is 5.92 Å². The molecule has 1 amide bonds. The highest BCUT2D eigenvalue weighted by atomic mass is 32.2. The predicted molar refractivity (Wildman–Crippen MR) is 118 cm³/mol. The van der Waals surface area contributed by atoms with Gasteiger partial charge in [-0.1, -0.05) is 12.1 Å². The second-order valence-electron chi connectivity index (χ2n) is 8.90. The Morgan fingerprint density at radius 3 is 2.20 bits per heavy atom. The van der Waals surface area contributed by atoms with E-state index in [1.807, 2.05) is 24.3 Å². The van der Waals surface area contributed by atoms with Crippen molar-refractivity contribution in [3.05, 3.63) is 29.8 Å². The Kier molecular flexibility index (Phi) is 8.43. The molecular formula is C22H34N2O5S. The predicted octanol–water partition coefficient (Wildman–Crippen LogP) is 3.40. The maximum atomic E-state index is 12.6. The van der Waals surface area contributed by atoms with E-state index in [4.69, 9.17) is 0 Å². The molecule has 1 aromatic carbocycles. The number of ether oxygens (including phenoxy) is 1. The number of hydrogen-bond donors (Lipinski definition) is 2. The molecule has 0 bridgehead atoms. The van der Waals surface area contributed by atoms with E-state index in [-0.39, 0.29) is 23.8 Å². The number of methoxy groups -OCH3 is 1. The van der Waals surface area contributed by atoms with Crippen LogP contribution < -0.4 is 10.0 Å². The first kappa shape index (κ1) is 24.3. The van der Waals surface area contributed by atoms with Crippen molar-refractivity contribution in [2.45, 2.75) is 76.5 Å². The van der Waals surface area contributed by atoms with E-state index < -0.39 is 14.8 Å². The zero-order valence-corrected chi connectivity index (χ0v) is 19.2. The maximum Gasteiger partial charge on any atom is 0.305 e. The first-order valence-electron chi connectivity index (χ1n) is 10.5. The standard InChI is InChI=1S/C22H34N2O5S/c1-22(2,3)30(27,28)24-19-14-10-17(11-15-19)21(26)23-18-12-8-16(9-13-18)6-5-7-20(25)29-4/h8-9,12-13,17,19,24H,5-7,10-11,14-15H2,1-4H3,(H,23,26). The van der Waals surface area contributed by atoms with Crippen LogP contribution in [0.15, 0.2) is 24.3 Å². The van der Waals surface area contributed by atoms with Crippen molar-refractivity contribution in [2.75, 3.05) is 12.4 Å². The van der Waals surface area contributed by atoms with Gasteiger partial charge in [-0.05, 0) is 77.0 Å². The van der Waals surface area contributed by atoms with Crippen LogP contribution in [0.25, 0.3) is 0 Å². The summed E-state index contributed by atoms with van der Waals surface area (Å²) in [4.78, 5) is 23.7. The van der Waals surface area contributed by atoms with E-state index in [2.05, 4.69) is 14.8 Å². The molecule has 0 aliphatic heterocycles. The highest BCUT2D eigenvalue weighted by Crippen LogP contribution is 2.27. The molecule has 0 atom stereocenters. The van der Waals surface area contributed by atoms with Crippen LogP contribution in [-0.2, 0) is 30.8 Å². The fraction of sp³-hybridized carbons (Fsp3) is 0.636. The Labute approximate surface area is 180 Å². The summed E-state index contributed by atoms with van der Waals surface area (Å²) >= 11 is 0. The molecule has 1 aliphatic rings. The van der Waals surface area contributed by atoms with E-state index in [1.165, 1.54) is 7.11 Å². The second-order valence-corrected chi connectivity index (χ2v) is 11.4. The van der Waals surface area contributed by atoms with Crippen molar-refractivity contribution < 1.29 is 22.7 Å². The van der Waals surface area contributed by atoms with E-state index in [0.29, 0.717) is 32.1 Å². The molecule has 1 fully saturated rings. The van der Waals surface area contributed by atoms with Crippen molar-refractivity contribution in [2.24, 2.45) is 5.92 Å². The summed E-state index contributed by atoms with van der Waals surface area (Å²) in [6.07, 6.45) is 4.53. The molecule has 0 aromatic heterocycles. The lowest BCUT2D eigenvalue weighted by Gasteiger charge is -2.30. The van der Waals surface area contributed by atoms with Gasteiger partial charge in [-0.3, -0.25) is 9.59 Å². The average molecular weight is 439 g/mol. The number of anilines is 1. The highest BCUT2D eigenvalue weighted by molar-refractivity contribution is 7.90. The van der Waals surface area contributed by atoms with Crippen LogP contribution in [0.1, 0.15) is 64.9 Å². The topological polar surface area (TPSA) is 102 Å². The first-order chi connectivity index (χ1) is 14.0. The molecule has 2 rings (SSSR count). The molecule has 30 heavy (non-hydrogen) atoms. The molecule has 1 aliphatic carbocycles. The number of nitrogens with one attached hydrogen (secondary N) is 2. The minimum Gasteiger partial charge on any atom is -0.469 e. The Balaban J connectivity index is 1.79. The van der Waals surface area contributed by atoms with Gasteiger partial charge in [0.1, 0.15) is 0 Å². The molecular weight excluding hydrogens is 404 g/mol. The van der Waals surface area contributed by atoms with Crippen LogP contribution in [0.4, 0.5) is 5.69 Å². The molecule has 0 spiro atoms. The van der Waals surface area contributed by atoms with Crippen molar-refractivity contribution in [1.29, 1.82) is 0 Å². The molecule has 7 nitrogen and oxygen atoms in total. The van der Waals surface area contributed by atoms with Crippen LogP contribution in [0.5, 0.6) is 0 Å². The third-order valence-electron chi connectivity index (χ3n) is 5.52. The molecule has 0 saturated heterocycles. The third-order valence-corrected chi connectivity index (χ3v) is 7.78. The number of sulfonamides is 1. The molecule has 8 heteroatoms. The molecule has 1 saturated carbocycles. The summed E-state index contributed by atoms with van der Waals surface area (Å²) < 4.78 is 31.2. The molecule has 0 radical (unpaired) electrons. The van der Waals surface area contributed by atoms with Gasteiger partial charge in [0.2, 0.25) is 15.9 Å². The summed E-state index contributed by atoms with van der Waals surface area (Å²) in [6, 6.07) is 7.53. The van der Waals surface area contributed by atoms with Gasteiger partial charge in [-0.25, -0.2) is 13.1 Å². The number of esters is 1. The SMILES string of the molecule is COC(=O)CCCc1ccc(NC(=O)C2CCC(NS(=O)(=O)C(C)(C)C)CC2)cc1. The van der Waals surface area contributed by atoms with E-state index >= 15 is 0 Å². The first-order valence-corrected chi connectivity index (χ1v) is 12.0. The number of benzene rings is 1. The van der Waals surface area contributed by atoms with Crippen molar-refractivity contribution in [1.82, 2.24) is 4.72 Å². The molecule has 0 heterocycles. The minimum atomic E-state index is -3.38. The minimum absolute atomic E-state index is 0.0226. The fourth-order valence-corrected chi connectivity index (χ4v) is 4.44. The number of hydrogen-bond acceptors (Lipinski definition) is 5. The number of aryl methyl sites for hydroxylation is 1. The fourth-order valence-electron chi connectivity index (χ4n) is 3.41. The summed E-state index contributed by atoms with van der Waals surface area (Å²) in [6.45, 7) is 5.04. The van der Waals surface area contributed by atoms with E-state index in [1.54, 1.807) is 20.8 Å². The monoisotopic (exact) mass is 438 g/mol. The maximum absolute atomic E-state index is 12.6. The van der Waals surface area contributed by atoms with Gasteiger partial charge in [-0.2, -0.15) is 0 Å². The summed E-state index contributed by atoms with van der Waals surface area (Å²) in [7, 11) is -1.99. The van der Waals surface area contributed by atoms with Crippen molar-refractivity contribution in [3.63, 3.8) is 0 Å². The van der Waals surface area contributed by atoms with Gasteiger partial charge in [0.25, 0.3) is 0 Å². The van der Waals surface area contributed by atoms with Gasteiger partial charge in [0.05, 0.1) is 11.9 Å². The second kappa shape index (κ2) is 10.4. The van der Waals surface area contributed by atoms with Crippen LogP contribution >= 0.6 is 0 Å². The van der Waals surface area contributed by atoms with Crippen LogP contribution in [-0.4, -0.2) is 38.2 Å². The normalized spacial score (nSPS) is 19.9. The zero-order chi connectivity index (χ0) is 22.4. The van der Waals surface area contributed by atoms with Crippen LogP contribution in [0.2, 0.25) is 0 Å². The number of carbonyl (C=O) groups is 2. The molecule has 168 valence electrons. The third kappa shape index (κ3) is 7.09. The Bertz CT molecular complexity index is 820. The number of carbonyl (C=O) groups excluding carboxylic acids is 2.